The zero-order valence-corrected chi connectivity index (χ0v) is 12.1. The molecule has 0 heterocycles. The summed E-state index contributed by atoms with van der Waals surface area (Å²) in [6.45, 7) is 6.12. The van der Waals surface area contributed by atoms with Crippen LogP contribution in [0.3, 0.4) is 0 Å². The molecule has 0 aliphatic rings. The van der Waals surface area contributed by atoms with Crippen LogP contribution in [0, 0.1) is 0 Å². The maximum atomic E-state index is 5.88. The first kappa shape index (κ1) is 14.8. The number of halogens is 1. The minimum Gasteiger partial charge on any atom is -0.338 e. The number of nitrogens with two attached hydrogens (primary N) is 1. The van der Waals surface area contributed by atoms with Gasteiger partial charge in [0.1, 0.15) is 0 Å². The van der Waals surface area contributed by atoms with Gasteiger partial charge in [-0.1, -0.05) is 23.7 Å². The van der Waals surface area contributed by atoms with E-state index in [0.717, 1.165) is 10.6 Å². The third kappa shape index (κ3) is 3.89. The van der Waals surface area contributed by atoms with E-state index in [2.05, 4.69) is 17.3 Å². The van der Waals surface area contributed by atoms with E-state index in [9.17, 15) is 0 Å². The molecule has 18 heavy (non-hydrogen) atoms. The Morgan fingerprint density at radius 1 is 1.28 bits per heavy atom. The van der Waals surface area contributed by atoms with Gasteiger partial charge in [0, 0.05) is 18.1 Å². The van der Waals surface area contributed by atoms with Crippen molar-refractivity contribution in [2.45, 2.75) is 32.9 Å². The van der Waals surface area contributed by atoms with Gasteiger partial charge in [-0.2, -0.15) is 0 Å². The molecule has 0 amide bonds. The smallest absolute Gasteiger partial charge is 0.208 e. The summed E-state index contributed by atoms with van der Waals surface area (Å²) in [6, 6.07) is 8.14. The molecule has 1 unspecified atom stereocenters. The molecule has 0 bridgehead atoms. The van der Waals surface area contributed by atoms with E-state index in [-0.39, 0.29) is 12.1 Å². The Labute approximate surface area is 114 Å². The molecule has 0 fully saturated rings. The minimum absolute atomic E-state index is 0.163. The summed E-state index contributed by atoms with van der Waals surface area (Å²) >= 11 is 5.88. The number of rotatable bonds is 3. The lowest BCUT2D eigenvalue weighted by Crippen LogP contribution is -2.44. The first-order valence-electron chi connectivity index (χ1n) is 5.98. The average molecular weight is 269 g/mol. The van der Waals surface area contributed by atoms with Crippen molar-refractivity contribution in [3.8, 4) is 0 Å². The maximum Gasteiger partial charge on any atom is 0.208 e. The van der Waals surface area contributed by atoms with Crippen molar-refractivity contribution in [1.29, 1.82) is 0 Å². The van der Waals surface area contributed by atoms with E-state index in [4.69, 9.17) is 17.4 Å². The summed E-state index contributed by atoms with van der Waals surface area (Å²) in [4.78, 5) is 6.44. The van der Waals surface area contributed by atoms with Crippen molar-refractivity contribution in [2.24, 2.45) is 10.8 Å². The van der Waals surface area contributed by atoms with Crippen LogP contribution in [0.5, 0.6) is 0 Å². The van der Waals surface area contributed by atoms with Crippen molar-refractivity contribution in [1.82, 2.24) is 10.3 Å². The lowest BCUT2D eigenvalue weighted by atomic mass is 10.1. The molecule has 100 valence electrons. The first-order valence-corrected chi connectivity index (χ1v) is 6.36. The lowest BCUT2D eigenvalue weighted by Gasteiger charge is -2.28. The van der Waals surface area contributed by atoms with Gasteiger partial charge in [-0.05, 0) is 38.5 Å². The molecule has 1 aromatic carbocycles. The number of nitrogens with one attached hydrogen (secondary N) is 1. The summed E-state index contributed by atoms with van der Waals surface area (Å²) in [5.41, 5.74) is 3.81. The largest absolute Gasteiger partial charge is 0.338 e. The van der Waals surface area contributed by atoms with Crippen molar-refractivity contribution in [3.05, 3.63) is 34.9 Å². The van der Waals surface area contributed by atoms with Crippen LogP contribution >= 0.6 is 11.6 Å². The highest BCUT2D eigenvalue weighted by Gasteiger charge is 2.15. The van der Waals surface area contributed by atoms with Crippen LogP contribution in [0.1, 0.15) is 32.4 Å². The van der Waals surface area contributed by atoms with E-state index < -0.39 is 0 Å². The Hall–Kier alpha value is -1.26. The predicted molar refractivity (Wildman–Crippen MR) is 77.5 cm³/mol. The molecule has 0 saturated heterocycles. The minimum atomic E-state index is 0.163. The summed E-state index contributed by atoms with van der Waals surface area (Å²) in [6.07, 6.45) is 0. The zero-order chi connectivity index (χ0) is 13.7. The number of hydrazine groups is 1. The fraction of sp³-hybridized carbons (Fsp3) is 0.462. The van der Waals surface area contributed by atoms with Crippen LogP contribution in [-0.4, -0.2) is 23.9 Å². The van der Waals surface area contributed by atoms with Crippen LogP contribution < -0.4 is 11.3 Å². The van der Waals surface area contributed by atoms with Crippen LogP contribution in [0.25, 0.3) is 0 Å². The Balaban J connectivity index is 2.88. The normalized spacial score (nSPS) is 13.6. The Morgan fingerprint density at radius 2 is 1.83 bits per heavy atom. The number of hydrogen-bond acceptors (Lipinski definition) is 2. The van der Waals surface area contributed by atoms with E-state index in [1.54, 1.807) is 0 Å². The highest BCUT2D eigenvalue weighted by Crippen LogP contribution is 2.20. The third-order valence-corrected chi connectivity index (χ3v) is 3.03. The van der Waals surface area contributed by atoms with E-state index in [0.29, 0.717) is 5.96 Å². The number of hydrogen-bond donors (Lipinski definition) is 2. The van der Waals surface area contributed by atoms with Crippen molar-refractivity contribution in [3.63, 3.8) is 0 Å². The second-order valence-electron chi connectivity index (χ2n) is 4.53. The van der Waals surface area contributed by atoms with Crippen molar-refractivity contribution < 1.29 is 0 Å². The maximum absolute atomic E-state index is 5.88. The lowest BCUT2D eigenvalue weighted by molar-refractivity contribution is 0.385. The monoisotopic (exact) mass is 268 g/mol. The molecule has 5 heteroatoms. The van der Waals surface area contributed by atoms with Gasteiger partial charge >= 0.3 is 0 Å². The molecule has 3 N–H and O–H groups in total. The molecule has 1 aromatic rings. The summed E-state index contributed by atoms with van der Waals surface area (Å²) in [5.74, 6) is 6.19. The van der Waals surface area contributed by atoms with Gasteiger partial charge in [0.2, 0.25) is 5.96 Å². The van der Waals surface area contributed by atoms with E-state index in [1.807, 2.05) is 50.1 Å². The fourth-order valence-electron chi connectivity index (χ4n) is 1.62. The number of benzene rings is 1. The molecule has 0 aliphatic heterocycles. The van der Waals surface area contributed by atoms with E-state index in [1.165, 1.54) is 0 Å². The quantitative estimate of drug-likeness (QED) is 0.383. The third-order valence-electron chi connectivity index (χ3n) is 2.78. The second kappa shape index (κ2) is 6.61. The fourth-order valence-corrected chi connectivity index (χ4v) is 1.75. The summed E-state index contributed by atoms with van der Waals surface area (Å²) in [7, 11) is 1.96. The molecule has 0 aliphatic carbocycles. The van der Waals surface area contributed by atoms with Crippen molar-refractivity contribution >= 4 is 17.6 Å². The first-order chi connectivity index (χ1) is 8.45. The Kier molecular flexibility index (Phi) is 5.44. The molecule has 0 aromatic heterocycles. The van der Waals surface area contributed by atoms with Gasteiger partial charge in [0.25, 0.3) is 0 Å². The Morgan fingerprint density at radius 3 is 2.28 bits per heavy atom. The summed E-state index contributed by atoms with van der Waals surface area (Å²) < 4.78 is 0. The molecule has 1 atom stereocenters. The molecule has 0 radical (unpaired) electrons. The molecule has 0 saturated carbocycles. The topological polar surface area (TPSA) is 53.6 Å². The van der Waals surface area contributed by atoms with Crippen molar-refractivity contribution in [2.75, 3.05) is 7.05 Å². The van der Waals surface area contributed by atoms with Crippen LogP contribution in [0.2, 0.25) is 5.02 Å². The van der Waals surface area contributed by atoms with Gasteiger partial charge in [-0.15, -0.1) is 0 Å². The standard InChI is InChI=1S/C13H21ClN4/c1-9(2)16-13(17-15)18(4)10(3)11-5-7-12(14)8-6-11/h5-10H,15H2,1-4H3,(H,16,17). The average Bonchev–Trinajstić information content (AvgIpc) is 2.35. The van der Waals surface area contributed by atoms with Gasteiger partial charge in [0.15, 0.2) is 0 Å². The number of guanidine groups is 1. The van der Waals surface area contributed by atoms with E-state index >= 15 is 0 Å². The van der Waals surface area contributed by atoms with Gasteiger partial charge < -0.3 is 4.90 Å². The predicted octanol–water partition coefficient (Wildman–Crippen LogP) is 2.56. The highest BCUT2D eigenvalue weighted by molar-refractivity contribution is 6.30. The van der Waals surface area contributed by atoms with Crippen LogP contribution in [-0.2, 0) is 0 Å². The molecular weight excluding hydrogens is 248 g/mol. The zero-order valence-electron chi connectivity index (χ0n) is 11.3. The van der Waals surface area contributed by atoms with Gasteiger partial charge in [0.05, 0.1) is 6.04 Å². The van der Waals surface area contributed by atoms with Gasteiger partial charge in [-0.25, -0.2) is 10.8 Å². The van der Waals surface area contributed by atoms with Gasteiger partial charge in [-0.3, -0.25) is 5.43 Å². The molecular formula is C13H21ClN4. The molecule has 1 rings (SSSR count). The second-order valence-corrected chi connectivity index (χ2v) is 4.97. The molecule has 4 nitrogen and oxygen atoms in total. The highest BCUT2D eigenvalue weighted by atomic mass is 35.5. The number of aliphatic imine (C=N–C) groups is 1. The van der Waals surface area contributed by atoms with Crippen LogP contribution in [0.4, 0.5) is 0 Å². The Bertz CT molecular complexity index is 400. The SMILES string of the molecule is CC(C)N=C(NN)N(C)C(C)c1ccc(Cl)cc1. The summed E-state index contributed by atoms with van der Waals surface area (Å²) in [5, 5.41) is 0.738. The number of nitrogens with zero attached hydrogens (tertiary/aromatic N) is 2. The van der Waals surface area contributed by atoms with Crippen LogP contribution in [0.15, 0.2) is 29.3 Å². The molecule has 0 spiro atoms.